The van der Waals surface area contributed by atoms with Crippen LogP contribution in [0.15, 0.2) is 54.6 Å². The Bertz CT molecular complexity index is 685. The lowest BCUT2D eigenvalue weighted by atomic mass is 9.87. The Kier molecular flexibility index (Phi) is 4.62. The minimum absolute atomic E-state index is 0.237. The predicted molar refractivity (Wildman–Crippen MR) is 75.3 cm³/mol. The number of carbonyl (C=O) groups excluding carboxylic acids is 1. The number of rotatable bonds is 4. The summed E-state index contributed by atoms with van der Waals surface area (Å²) in [5, 5.41) is 8.74. The number of nitriles is 1. The summed E-state index contributed by atoms with van der Waals surface area (Å²) < 4.78 is 38.4. The molecule has 5 heteroatoms. The lowest BCUT2D eigenvalue weighted by Gasteiger charge is -2.18. The Morgan fingerprint density at radius 1 is 1.05 bits per heavy atom. The second-order valence-electron chi connectivity index (χ2n) is 4.84. The van der Waals surface area contributed by atoms with Crippen molar-refractivity contribution in [1.29, 1.82) is 5.26 Å². The van der Waals surface area contributed by atoms with E-state index in [2.05, 4.69) is 0 Å². The number of Topliss-reactive ketones (excluding diaryl/α,β-unsaturated/α-hetero) is 1. The first-order valence-corrected chi connectivity index (χ1v) is 6.57. The summed E-state index contributed by atoms with van der Waals surface area (Å²) in [4.78, 5) is 12.4. The van der Waals surface area contributed by atoms with E-state index in [9.17, 15) is 18.0 Å². The Balaban J connectivity index is 2.38. The van der Waals surface area contributed by atoms with Crippen molar-refractivity contribution in [3.05, 3.63) is 71.3 Å². The van der Waals surface area contributed by atoms with Gasteiger partial charge in [0.2, 0.25) is 0 Å². The summed E-state index contributed by atoms with van der Waals surface area (Å²) in [6.07, 6.45) is -5.68. The van der Waals surface area contributed by atoms with Gasteiger partial charge in [-0.15, -0.1) is 0 Å². The quantitative estimate of drug-likeness (QED) is 0.781. The van der Waals surface area contributed by atoms with Crippen molar-refractivity contribution in [2.45, 2.75) is 18.5 Å². The molecule has 1 unspecified atom stereocenters. The smallest absolute Gasteiger partial charge is 0.293 e. The summed E-state index contributed by atoms with van der Waals surface area (Å²) in [5.41, 5.74) is 0.827. The Labute approximate surface area is 125 Å². The molecule has 2 nitrogen and oxygen atoms in total. The van der Waals surface area contributed by atoms with Crippen LogP contribution in [0.3, 0.4) is 0 Å². The van der Waals surface area contributed by atoms with E-state index in [1.165, 1.54) is 36.4 Å². The fraction of sp³-hybridized carbons (Fsp3) is 0.176. The number of halogens is 3. The highest BCUT2D eigenvalue weighted by molar-refractivity contribution is 6.01. The van der Waals surface area contributed by atoms with E-state index in [0.29, 0.717) is 5.56 Å². The van der Waals surface area contributed by atoms with Crippen molar-refractivity contribution in [1.82, 2.24) is 0 Å². The largest absolute Gasteiger partial charge is 0.390 e. The zero-order chi connectivity index (χ0) is 16.2. The second-order valence-corrected chi connectivity index (χ2v) is 4.84. The summed E-state index contributed by atoms with van der Waals surface area (Å²) in [6, 6.07) is 15.4. The molecule has 1 atom stereocenters. The van der Waals surface area contributed by atoms with E-state index in [-0.39, 0.29) is 11.1 Å². The van der Waals surface area contributed by atoms with Crippen LogP contribution in [0.25, 0.3) is 0 Å². The van der Waals surface area contributed by atoms with E-state index >= 15 is 0 Å². The molecule has 0 aliphatic carbocycles. The lowest BCUT2D eigenvalue weighted by molar-refractivity contribution is -0.136. The van der Waals surface area contributed by atoms with E-state index in [4.69, 9.17) is 5.26 Å². The van der Waals surface area contributed by atoms with Crippen molar-refractivity contribution >= 4 is 5.78 Å². The van der Waals surface area contributed by atoms with Gasteiger partial charge in [0.15, 0.2) is 5.78 Å². The molecule has 2 aromatic carbocycles. The fourth-order valence-corrected chi connectivity index (χ4v) is 2.19. The number of hydrogen-bond acceptors (Lipinski definition) is 2. The number of nitrogens with zero attached hydrogens (tertiary/aromatic N) is 1. The van der Waals surface area contributed by atoms with Gasteiger partial charge in [0.05, 0.1) is 24.0 Å². The van der Waals surface area contributed by atoms with E-state index < -0.39 is 24.3 Å². The van der Waals surface area contributed by atoms with E-state index in [1.54, 1.807) is 18.2 Å². The fourth-order valence-electron chi connectivity index (χ4n) is 2.19. The first-order chi connectivity index (χ1) is 10.4. The van der Waals surface area contributed by atoms with Gasteiger partial charge < -0.3 is 0 Å². The predicted octanol–water partition coefficient (Wildman–Crippen LogP) is 4.48. The highest BCUT2D eigenvalue weighted by atomic mass is 19.4. The third kappa shape index (κ3) is 3.95. The number of ketones is 1. The molecule has 0 amide bonds. The molecular weight excluding hydrogens is 291 g/mol. The molecule has 0 fully saturated rings. The summed E-state index contributed by atoms with van der Waals surface area (Å²) in [6.45, 7) is 0. The van der Waals surface area contributed by atoms with Crippen molar-refractivity contribution in [3.63, 3.8) is 0 Å². The molecule has 0 aliphatic heterocycles. The van der Waals surface area contributed by atoms with Gasteiger partial charge in [-0.3, -0.25) is 4.79 Å². The molecule has 0 bridgehead atoms. The van der Waals surface area contributed by atoms with Crippen molar-refractivity contribution < 1.29 is 18.0 Å². The van der Waals surface area contributed by atoms with Crippen LogP contribution in [0, 0.1) is 11.3 Å². The summed E-state index contributed by atoms with van der Waals surface area (Å²) in [7, 11) is 0. The summed E-state index contributed by atoms with van der Waals surface area (Å²) >= 11 is 0. The molecule has 0 saturated carbocycles. The topological polar surface area (TPSA) is 40.9 Å². The van der Waals surface area contributed by atoms with E-state index in [0.717, 1.165) is 0 Å². The molecular formula is C17H12F3NO. The molecule has 0 radical (unpaired) electrons. The molecule has 0 saturated heterocycles. The summed E-state index contributed by atoms with van der Waals surface area (Å²) in [5.74, 6) is -1.89. The SMILES string of the molecule is N#Cc1ccc(C(CC(F)(F)F)C(=O)c2ccccc2)cc1. The van der Waals surface area contributed by atoms with Crippen LogP contribution >= 0.6 is 0 Å². The van der Waals surface area contributed by atoms with E-state index in [1.807, 2.05) is 6.07 Å². The van der Waals surface area contributed by atoms with Crippen LogP contribution < -0.4 is 0 Å². The monoisotopic (exact) mass is 303 g/mol. The Morgan fingerprint density at radius 2 is 1.64 bits per heavy atom. The highest BCUT2D eigenvalue weighted by Gasteiger charge is 2.36. The normalized spacial score (nSPS) is 12.5. The minimum Gasteiger partial charge on any atom is -0.293 e. The van der Waals surface area contributed by atoms with Crippen LogP contribution in [0.1, 0.15) is 33.8 Å². The number of benzene rings is 2. The Hall–Kier alpha value is -2.61. The molecule has 0 aromatic heterocycles. The lowest BCUT2D eigenvalue weighted by Crippen LogP contribution is -2.21. The van der Waals surface area contributed by atoms with Crippen LogP contribution in [-0.4, -0.2) is 12.0 Å². The van der Waals surface area contributed by atoms with Gasteiger partial charge in [-0.05, 0) is 17.7 Å². The first-order valence-electron chi connectivity index (χ1n) is 6.57. The zero-order valence-corrected chi connectivity index (χ0v) is 11.5. The Morgan fingerprint density at radius 3 is 2.14 bits per heavy atom. The van der Waals surface area contributed by atoms with Crippen LogP contribution in [0.2, 0.25) is 0 Å². The molecule has 2 aromatic rings. The maximum Gasteiger partial charge on any atom is 0.390 e. The molecule has 0 heterocycles. The van der Waals surface area contributed by atoms with Crippen LogP contribution in [0.4, 0.5) is 13.2 Å². The first kappa shape index (κ1) is 15.8. The van der Waals surface area contributed by atoms with Gasteiger partial charge >= 0.3 is 6.18 Å². The second kappa shape index (κ2) is 6.44. The van der Waals surface area contributed by atoms with Crippen LogP contribution in [-0.2, 0) is 0 Å². The van der Waals surface area contributed by atoms with Crippen LogP contribution in [0.5, 0.6) is 0 Å². The van der Waals surface area contributed by atoms with Gasteiger partial charge in [0, 0.05) is 5.56 Å². The maximum atomic E-state index is 12.8. The molecule has 2 rings (SSSR count). The number of hydrogen-bond donors (Lipinski definition) is 0. The van der Waals surface area contributed by atoms with Crippen molar-refractivity contribution in [2.75, 3.05) is 0 Å². The van der Waals surface area contributed by atoms with Gasteiger partial charge in [-0.25, -0.2) is 0 Å². The molecule has 0 aliphatic rings. The van der Waals surface area contributed by atoms with Crippen molar-refractivity contribution in [2.24, 2.45) is 0 Å². The van der Waals surface area contributed by atoms with Gasteiger partial charge in [0.25, 0.3) is 0 Å². The third-order valence-electron chi connectivity index (χ3n) is 3.25. The standard InChI is InChI=1S/C17H12F3NO/c18-17(19,20)10-15(13-8-6-12(11-21)7-9-13)16(22)14-4-2-1-3-5-14/h1-9,15H,10H2. The minimum atomic E-state index is -4.46. The van der Waals surface area contributed by atoms with Gasteiger partial charge in [0.1, 0.15) is 0 Å². The average Bonchev–Trinajstić information content (AvgIpc) is 2.52. The molecule has 112 valence electrons. The number of carbonyl (C=O) groups is 1. The molecule has 22 heavy (non-hydrogen) atoms. The molecule has 0 spiro atoms. The maximum absolute atomic E-state index is 12.8. The highest BCUT2D eigenvalue weighted by Crippen LogP contribution is 2.33. The number of alkyl halides is 3. The van der Waals surface area contributed by atoms with Gasteiger partial charge in [-0.1, -0.05) is 42.5 Å². The third-order valence-corrected chi connectivity index (χ3v) is 3.25. The van der Waals surface area contributed by atoms with Gasteiger partial charge in [-0.2, -0.15) is 18.4 Å². The molecule has 0 N–H and O–H groups in total. The zero-order valence-electron chi connectivity index (χ0n) is 11.5. The van der Waals surface area contributed by atoms with Crippen molar-refractivity contribution in [3.8, 4) is 6.07 Å². The average molecular weight is 303 g/mol.